The minimum atomic E-state index is -0.532. The van der Waals surface area contributed by atoms with Gasteiger partial charge in [0.25, 0.3) is 0 Å². The number of nitrogens with zero attached hydrogens (tertiary/aromatic N) is 2. The van der Waals surface area contributed by atoms with E-state index in [2.05, 4.69) is 15.3 Å². The average Bonchev–Trinajstić information content (AvgIpc) is 2.53. The fourth-order valence-corrected chi connectivity index (χ4v) is 2.13. The molecule has 0 aliphatic heterocycles. The average molecular weight is 297 g/mol. The van der Waals surface area contributed by atoms with Gasteiger partial charge < -0.3 is 5.32 Å². The molecule has 0 aliphatic rings. The maximum atomic E-state index is 13.2. The summed E-state index contributed by atoms with van der Waals surface area (Å²) < 4.78 is 26.3. The van der Waals surface area contributed by atoms with E-state index in [1.54, 1.807) is 24.5 Å². The van der Waals surface area contributed by atoms with E-state index in [4.69, 9.17) is 0 Å². The summed E-state index contributed by atoms with van der Waals surface area (Å²) in [5.41, 5.74) is 3.10. The summed E-state index contributed by atoms with van der Waals surface area (Å²) in [4.78, 5) is 7.67. The first kappa shape index (κ1) is 14.1. The maximum Gasteiger partial charge on any atom is 0.213 e. The fraction of sp³-hybridized carbons (Fsp3) is 0.0588. The molecule has 0 saturated carbocycles. The Morgan fingerprint density at radius 1 is 0.955 bits per heavy atom. The third-order valence-corrected chi connectivity index (χ3v) is 3.18. The van der Waals surface area contributed by atoms with Crippen LogP contribution in [0.4, 0.5) is 14.5 Å². The van der Waals surface area contributed by atoms with Crippen LogP contribution in [0.2, 0.25) is 0 Å². The number of aromatic nitrogens is 2. The molecule has 22 heavy (non-hydrogen) atoms. The van der Waals surface area contributed by atoms with Crippen LogP contribution in [0.5, 0.6) is 0 Å². The van der Waals surface area contributed by atoms with Crippen molar-refractivity contribution >= 4 is 5.69 Å². The summed E-state index contributed by atoms with van der Waals surface area (Å²) in [6.45, 7) is 0.480. The van der Waals surface area contributed by atoms with Crippen molar-refractivity contribution in [2.75, 3.05) is 5.32 Å². The summed E-state index contributed by atoms with van der Waals surface area (Å²) in [7, 11) is 0. The molecule has 1 N–H and O–H groups in total. The van der Waals surface area contributed by atoms with Crippen LogP contribution in [0, 0.1) is 11.8 Å². The fourth-order valence-electron chi connectivity index (χ4n) is 2.13. The van der Waals surface area contributed by atoms with E-state index in [0.29, 0.717) is 12.1 Å². The zero-order valence-corrected chi connectivity index (χ0v) is 11.6. The molecular formula is C17H13F2N3. The zero-order chi connectivity index (χ0) is 15.4. The van der Waals surface area contributed by atoms with Crippen molar-refractivity contribution in [3.8, 4) is 11.1 Å². The first-order chi connectivity index (χ1) is 10.7. The molecule has 3 nitrogen and oxygen atoms in total. The topological polar surface area (TPSA) is 37.8 Å². The molecule has 5 heteroatoms. The first-order valence-corrected chi connectivity index (χ1v) is 6.76. The van der Waals surface area contributed by atoms with Gasteiger partial charge in [0, 0.05) is 36.8 Å². The number of nitrogens with one attached hydrogen (secondary N) is 1. The quantitative estimate of drug-likeness (QED) is 0.739. The van der Waals surface area contributed by atoms with Crippen LogP contribution in [0.3, 0.4) is 0 Å². The number of pyridine rings is 2. The van der Waals surface area contributed by atoms with Gasteiger partial charge in [-0.15, -0.1) is 0 Å². The molecule has 0 saturated heterocycles. The van der Waals surface area contributed by atoms with Gasteiger partial charge in [0.1, 0.15) is 5.82 Å². The third-order valence-electron chi connectivity index (χ3n) is 3.18. The van der Waals surface area contributed by atoms with Crippen molar-refractivity contribution in [1.29, 1.82) is 0 Å². The van der Waals surface area contributed by atoms with Gasteiger partial charge >= 0.3 is 0 Å². The summed E-state index contributed by atoms with van der Waals surface area (Å²) in [6, 6.07) is 11.3. The minimum absolute atomic E-state index is 0.265. The normalized spacial score (nSPS) is 10.5. The SMILES string of the molecule is Fc1cccc(CNc2cncc(-c3ccnc(F)c3)c2)c1. The van der Waals surface area contributed by atoms with E-state index in [1.807, 2.05) is 12.1 Å². The van der Waals surface area contributed by atoms with E-state index in [1.165, 1.54) is 24.4 Å². The summed E-state index contributed by atoms with van der Waals surface area (Å²) in [6.07, 6.45) is 4.74. The molecule has 0 spiro atoms. The van der Waals surface area contributed by atoms with Gasteiger partial charge in [-0.2, -0.15) is 4.39 Å². The number of hydrogen-bond donors (Lipinski definition) is 1. The van der Waals surface area contributed by atoms with Crippen LogP contribution >= 0.6 is 0 Å². The Bertz CT molecular complexity index is 790. The summed E-state index contributed by atoms with van der Waals surface area (Å²) >= 11 is 0. The third kappa shape index (κ3) is 3.44. The van der Waals surface area contributed by atoms with E-state index >= 15 is 0 Å². The van der Waals surface area contributed by atoms with E-state index in [0.717, 1.165) is 16.8 Å². The van der Waals surface area contributed by atoms with Gasteiger partial charge in [-0.1, -0.05) is 12.1 Å². The maximum absolute atomic E-state index is 13.2. The largest absolute Gasteiger partial charge is 0.380 e. The highest BCUT2D eigenvalue weighted by Crippen LogP contribution is 2.21. The number of rotatable bonds is 4. The van der Waals surface area contributed by atoms with Gasteiger partial charge in [-0.3, -0.25) is 4.98 Å². The molecule has 110 valence electrons. The van der Waals surface area contributed by atoms with Gasteiger partial charge in [-0.05, 0) is 35.4 Å². The summed E-state index contributed by atoms with van der Waals surface area (Å²) in [5, 5.41) is 3.17. The predicted octanol–water partition coefficient (Wildman–Crippen LogP) is 4.03. The second-order valence-corrected chi connectivity index (χ2v) is 4.81. The molecule has 0 atom stereocenters. The number of benzene rings is 1. The molecular weight excluding hydrogens is 284 g/mol. The Morgan fingerprint density at radius 3 is 2.68 bits per heavy atom. The lowest BCUT2D eigenvalue weighted by molar-refractivity contribution is 0.584. The highest BCUT2D eigenvalue weighted by Gasteiger charge is 2.03. The van der Waals surface area contributed by atoms with Gasteiger partial charge in [0.05, 0.1) is 5.69 Å². The molecule has 0 fully saturated rings. The lowest BCUT2D eigenvalue weighted by Crippen LogP contribution is -2.00. The van der Waals surface area contributed by atoms with Crippen LogP contribution in [0.15, 0.2) is 61.1 Å². The molecule has 0 radical (unpaired) electrons. The van der Waals surface area contributed by atoms with Crippen LogP contribution in [0.1, 0.15) is 5.56 Å². The van der Waals surface area contributed by atoms with E-state index in [9.17, 15) is 8.78 Å². The second-order valence-electron chi connectivity index (χ2n) is 4.81. The Morgan fingerprint density at radius 2 is 1.86 bits per heavy atom. The minimum Gasteiger partial charge on any atom is -0.380 e. The zero-order valence-electron chi connectivity index (χ0n) is 11.6. The van der Waals surface area contributed by atoms with Crippen LogP contribution in [-0.2, 0) is 6.54 Å². The molecule has 2 heterocycles. The monoisotopic (exact) mass is 297 g/mol. The van der Waals surface area contributed by atoms with Crippen molar-refractivity contribution in [2.24, 2.45) is 0 Å². The Hall–Kier alpha value is -2.82. The molecule has 0 amide bonds. The lowest BCUT2D eigenvalue weighted by Gasteiger charge is -2.08. The number of hydrogen-bond acceptors (Lipinski definition) is 3. The van der Waals surface area contributed by atoms with E-state index < -0.39 is 5.95 Å². The van der Waals surface area contributed by atoms with E-state index in [-0.39, 0.29) is 5.82 Å². The Kier molecular flexibility index (Phi) is 4.05. The van der Waals surface area contributed by atoms with Crippen molar-refractivity contribution in [3.63, 3.8) is 0 Å². The molecule has 0 aliphatic carbocycles. The van der Waals surface area contributed by atoms with Gasteiger partial charge in [-0.25, -0.2) is 9.37 Å². The van der Waals surface area contributed by atoms with Gasteiger partial charge in [0.15, 0.2) is 0 Å². The van der Waals surface area contributed by atoms with Crippen LogP contribution in [-0.4, -0.2) is 9.97 Å². The molecule has 0 bridgehead atoms. The Labute approximate surface area is 126 Å². The second kappa shape index (κ2) is 6.30. The number of anilines is 1. The molecule has 1 aromatic carbocycles. The van der Waals surface area contributed by atoms with Crippen molar-refractivity contribution in [3.05, 3.63) is 78.4 Å². The van der Waals surface area contributed by atoms with Crippen molar-refractivity contribution < 1.29 is 8.78 Å². The lowest BCUT2D eigenvalue weighted by atomic mass is 10.1. The molecule has 3 aromatic rings. The Balaban J connectivity index is 1.77. The van der Waals surface area contributed by atoms with Gasteiger partial charge in [0.2, 0.25) is 5.95 Å². The molecule has 3 rings (SSSR count). The highest BCUT2D eigenvalue weighted by molar-refractivity contribution is 5.66. The molecule has 0 unspecified atom stereocenters. The van der Waals surface area contributed by atoms with Crippen molar-refractivity contribution in [1.82, 2.24) is 9.97 Å². The summed E-state index contributed by atoms with van der Waals surface area (Å²) in [5.74, 6) is -0.797. The predicted molar refractivity (Wildman–Crippen MR) is 81.2 cm³/mol. The highest BCUT2D eigenvalue weighted by atomic mass is 19.1. The molecule has 2 aromatic heterocycles. The van der Waals surface area contributed by atoms with Crippen LogP contribution in [0.25, 0.3) is 11.1 Å². The first-order valence-electron chi connectivity index (χ1n) is 6.76. The number of halogens is 2. The van der Waals surface area contributed by atoms with Crippen LogP contribution < -0.4 is 5.32 Å². The van der Waals surface area contributed by atoms with Crippen molar-refractivity contribution in [2.45, 2.75) is 6.54 Å². The smallest absolute Gasteiger partial charge is 0.213 e. The standard InChI is InChI=1S/C17H13F2N3/c18-15-3-1-2-12(6-15)9-22-16-7-14(10-20-11-16)13-4-5-21-17(19)8-13/h1-8,10-11,22H,9H2.